The predicted octanol–water partition coefficient (Wildman–Crippen LogP) is 1.68. The Bertz CT molecular complexity index is 428. The van der Waals surface area contributed by atoms with Crippen molar-refractivity contribution in [3.63, 3.8) is 0 Å². The molecule has 0 aliphatic carbocycles. The lowest BCUT2D eigenvalue weighted by atomic mass is 9.91. The van der Waals surface area contributed by atoms with Crippen molar-refractivity contribution in [3.05, 3.63) is 35.9 Å². The number of carbonyl (C=O) groups is 2. The average Bonchev–Trinajstić information content (AvgIpc) is 2.55. The van der Waals surface area contributed by atoms with Gasteiger partial charge in [0.25, 0.3) is 0 Å². The molecule has 2 atom stereocenters. The lowest BCUT2D eigenvalue weighted by Gasteiger charge is -2.24. The Hall–Kier alpha value is -1.84. The number of aliphatic carboxylic acids is 1. The molecule has 1 aromatic rings. The van der Waals surface area contributed by atoms with E-state index in [2.05, 4.69) is 0 Å². The summed E-state index contributed by atoms with van der Waals surface area (Å²) in [6.07, 6.45) is 0.359. The number of amides is 1. The van der Waals surface area contributed by atoms with Crippen LogP contribution in [0.1, 0.15) is 24.4 Å². The second kappa shape index (κ2) is 4.57. The van der Waals surface area contributed by atoms with E-state index in [0.717, 1.165) is 5.56 Å². The Balaban J connectivity index is 2.28. The molecule has 4 nitrogen and oxygen atoms in total. The minimum absolute atomic E-state index is 0.0186. The van der Waals surface area contributed by atoms with E-state index in [1.54, 1.807) is 11.9 Å². The topological polar surface area (TPSA) is 57.6 Å². The highest BCUT2D eigenvalue weighted by Crippen LogP contribution is 2.38. The van der Waals surface area contributed by atoms with Gasteiger partial charge in [0.05, 0.1) is 12.5 Å². The molecule has 1 amide bonds. The molecule has 0 aromatic heterocycles. The van der Waals surface area contributed by atoms with E-state index < -0.39 is 5.97 Å². The van der Waals surface area contributed by atoms with Crippen molar-refractivity contribution in [1.82, 2.24) is 4.90 Å². The first-order valence-corrected chi connectivity index (χ1v) is 5.62. The summed E-state index contributed by atoms with van der Waals surface area (Å²) >= 11 is 0. The van der Waals surface area contributed by atoms with Crippen LogP contribution >= 0.6 is 0 Å². The minimum Gasteiger partial charge on any atom is -0.481 e. The van der Waals surface area contributed by atoms with Gasteiger partial charge in [-0.25, -0.2) is 0 Å². The smallest absolute Gasteiger partial charge is 0.303 e. The van der Waals surface area contributed by atoms with Crippen molar-refractivity contribution in [2.75, 3.05) is 7.05 Å². The van der Waals surface area contributed by atoms with Gasteiger partial charge in [0, 0.05) is 19.4 Å². The Morgan fingerprint density at radius 2 is 2.06 bits per heavy atom. The molecule has 17 heavy (non-hydrogen) atoms. The lowest BCUT2D eigenvalue weighted by Crippen LogP contribution is -2.25. The molecule has 1 fully saturated rings. The first-order valence-electron chi connectivity index (χ1n) is 5.62. The van der Waals surface area contributed by atoms with Crippen LogP contribution in [-0.4, -0.2) is 28.9 Å². The van der Waals surface area contributed by atoms with E-state index >= 15 is 0 Å². The molecule has 4 heteroatoms. The van der Waals surface area contributed by atoms with Gasteiger partial charge in [-0.05, 0) is 5.56 Å². The molecule has 0 bridgehead atoms. The first-order chi connectivity index (χ1) is 8.09. The van der Waals surface area contributed by atoms with Crippen molar-refractivity contribution in [1.29, 1.82) is 0 Å². The number of carboxylic acid groups (broad SMARTS) is 1. The van der Waals surface area contributed by atoms with Crippen LogP contribution in [0.4, 0.5) is 0 Å². The number of carboxylic acids is 1. The fourth-order valence-electron chi connectivity index (χ4n) is 2.51. The number of likely N-dealkylation sites (tertiary alicyclic amines) is 1. The summed E-state index contributed by atoms with van der Waals surface area (Å²) < 4.78 is 0. The lowest BCUT2D eigenvalue weighted by molar-refractivity contribution is -0.138. The highest BCUT2D eigenvalue weighted by molar-refractivity contribution is 5.80. The van der Waals surface area contributed by atoms with Crippen molar-refractivity contribution >= 4 is 11.9 Å². The summed E-state index contributed by atoms with van der Waals surface area (Å²) in [5.74, 6) is -0.962. The van der Waals surface area contributed by atoms with Gasteiger partial charge < -0.3 is 10.0 Å². The zero-order valence-electron chi connectivity index (χ0n) is 9.67. The molecule has 1 saturated heterocycles. The van der Waals surface area contributed by atoms with Gasteiger partial charge in [-0.1, -0.05) is 30.3 Å². The van der Waals surface area contributed by atoms with E-state index in [-0.39, 0.29) is 24.3 Å². The van der Waals surface area contributed by atoms with Crippen LogP contribution in [0, 0.1) is 5.92 Å². The van der Waals surface area contributed by atoms with Crippen LogP contribution in [-0.2, 0) is 9.59 Å². The highest BCUT2D eigenvalue weighted by atomic mass is 16.4. The normalized spacial score (nSPS) is 24.1. The number of benzene rings is 1. The van der Waals surface area contributed by atoms with Crippen LogP contribution < -0.4 is 0 Å². The van der Waals surface area contributed by atoms with E-state index in [4.69, 9.17) is 5.11 Å². The van der Waals surface area contributed by atoms with Crippen molar-refractivity contribution in [2.45, 2.75) is 18.9 Å². The predicted molar refractivity (Wildman–Crippen MR) is 62.3 cm³/mol. The summed E-state index contributed by atoms with van der Waals surface area (Å²) in [6, 6.07) is 9.49. The van der Waals surface area contributed by atoms with Gasteiger partial charge in [0.2, 0.25) is 5.91 Å². The van der Waals surface area contributed by atoms with Gasteiger partial charge in [-0.2, -0.15) is 0 Å². The molecule has 0 saturated carbocycles. The second-order valence-corrected chi connectivity index (χ2v) is 4.42. The van der Waals surface area contributed by atoms with Crippen molar-refractivity contribution in [3.8, 4) is 0 Å². The van der Waals surface area contributed by atoms with Crippen molar-refractivity contribution in [2.24, 2.45) is 5.92 Å². The Morgan fingerprint density at radius 1 is 1.41 bits per heavy atom. The van der Waals surface area contributed by atoms with Crippen LogP contribution in [0.5, 0.6) is 0 Å². The third-order valence-electron chi connectivity index (χ3n) is 3.27. The summed E-state index contributed by atoms with van der Waals surface area (Å²) in [5, 5.41) is 8.88. The molecule has 0 unspecified atom stereocenters. The molecule has 1 N–H and O–H groups in total. The quantitative estimate of drug-likeness (QED) is 0.864. The van der Waals surface area contributed by atoms with E-state index in [1.807, 2.05) is 30.3 Å². The Labute approximate surface area is 99.9 Å². The molecule has 1 aliphatic rings. The molecule has 2 rings (SSSR count). The molecular formula is C13H15NO3. The summed E-state index contributed by atoms with van der Waals surface area (Å²) in [7, 11) is 1.74. The summed E-state index contributed by atoms with van der Waals surface area (Å²) in [4.78, 5) is 24.2. The molecule has 90 valence electrons. The molecule has 1 aliphatic heterocycles. The fraction of sp³-hybridized carbons (Fsp3) is 0.385. The maximum atomic E-state index is 11.7. The number of hydrogen-bond donors (Lipinski definition) is 1. The van der Waals surface area contributed by atoms with Crippen LogP contribution in [0.3, 0.4) is 0 Å². The maximum Gasteiger partial charge on any atom is 0.303 e. The van der Waals surface area contributed by atoms with Crippen LogP contribution in [0.2, 0.25) is 0 Å². The molecule has 0 radical (unpaired) electrons. The number of hydrogen-bond acceptors (Lipinski definition) is 2. The van der Waals surface area contributed by atoms with Crippen molar-refractivity contribution < 1.29 is 14.7 Å². The second-order valence-electron chi connectivity index (χ2n) is 4.42. The number of rotatable bonds is 3. The Morgan fingerprint density at radius 3 is 2.65 bits per heavy atom. The fourth-order valence-corrected chi connectivity index (χ4v) is 2.51. The van der Waals surface area contributed by atoms with E-state index in [0.29, 0.717) is 6.42 Å². The van der Waals surface area contributed by atoms with Gasteiger partial charge >= 0.3 is 5.97 Å². The van der Waals surface area contributed by atoms with Gasteiger partial charge in [-0.3, -0.25) is 9.59 Å². The van der Waals surface area contributed by atoms with E-state index in [1.165, 1.54) is 0 Å². The highest BCUT2D eigenvalue weighted by Gasteiger charge is 2.39. The standard InChI is InChI=1S/C13H15NO3/c1-14-11(15)7-10(8-12(16)17)13(14)9-5-3-2-4-6-9/h2-6,10,13H,7-8H2,1H3,(H,16,17)/t10-,13-/m1/s1. The summed E-state index contributed by atoms with van der Waals surface area (Å²) in [6.45, 7) is 0. The van der Waals surface area contributed by atoms with E-state index in [9.17, 15) is 9.59 Å². The van der Waals surface area contributed by atoms with Gasteiger partial charge in [0.15, 0.2) is 0 Å². The molecular weight excluding hydrogens is 218 g/mol. The molecule has 1 aromatic carbocycles. The Kier molecular flexibility index (Phi) is 3.13. The molecule has 1 heterocycles. The average molecular weight is 233 g/mol. The van der Waals surface area contributed by atoms with Gasteiger partial charge in [-0.15, -0.1) is 0 Å². The zero-order chi connectivity index (χ0) is 12.4. The van der Waals surface area contributed by atoms with Gasteiger partial charge in [0.1, 0.15) is 0 Å². The zero-order valence-corrected chi connectivity index (χ0v) is 9.67. The summed E-state index contributed by atoms with van der Waals surface area (Å²) in [5.41, 5.74) is 1.01. The monoisotopic (exact) mass is 233 g/mol. The largest absolute Gasteiger partial charge is 0.481 e. The third kappa shape index (κ3) is 2.30. The number of nitrogens with zero attached hydrogens (tertiary/aromatic N) is 1. The third-order valence-corrected chi connectivity index (χ3v) is 3.27. The SMILES string of the molecule is CN1C(=O)C[C@H](CC(=O)O)[C@H]1c1ccccc1. The number of carbonyl (C=O) groups excluding carboxylic acids is 1. The first kappa shape index (κ1) is 11.6. The minimum atomic E-state index is -0.848. The molecule has 0 spiro atoms. The van der Waals surface area contributed by atoms with Crippen LogP contribution in [0.15, 0.2) is 30.3 Å². The van der Waals surface area contributed by atoms with Crippen LogP contribution in [0.25, 0.3) is 0 Å². The maximum absolute atomic E-state index is 11.7.